The molecule has 0 radical (unpaired) electrons. The number of hydrogen-bond acceptors (Lipinski definition) is 5. The second-order valence-corrected chi connectivity index (χ2v) is 5.55. The minimum atomic E-state index is 0.636. The zero-order valence-corrected chi connectivity index (χ0v) is 11.4. The number of hydrogen-bond donors (Lipinski definition) is 1. The molecule has 0 amide bonds. The van der Waals surface area contributed by atoms with Gasteiger partial charge in [-0.05, 0) is 13.3 Å². The molecule has 1 fully saturated rings. The SMILES string of the molecule is CCCc1nc(N)c(C)c(N2CCSCC2)n1. The fraction of sp³-hybridized carbons (Fsp3) is 0.667. The van der Waals surface area contributed by atoms with Crippen LogP contribution in [0.2, 0.25) is 0 Å². The summed E-state index contributed by atoms with van der Waals surface area (Å²) in [4.78, 5) is 11.4. The van der Waals surface area contributed by atoms with E-state index in [0.717, 1.165) is 43.1 Å². The van der Waals surface area contributed by atoms with Crippen molar-refractivity contribution in [3.63, 3.8) is 0 Å². The number of thioether (sulfide) groups is 1. The Morgan fingerprint density at radius 1 is 1.29 bits per heavy atom. The summed E-state index contributed by atoms with van der Waals surface area (Å²) in [6.07, 6.45) is 1.96. The monoisotopic (exact) mass is 252 g/mol. The van der Waals surface area contributed by atoms with E-state index in [9.17, 15) is 0 Å². The maximum atomic E-state index is 5.98. The normalized spacial score (nSPS) is 16.2. The van der Waals surface area contributed by atoms with E-state index in [1.54, 1.807) is 0 Å². The first-order valence-corrected chi connectivity index (χ1v) is 7.33. The van der Waals surface area contributed by atoms with Crippen molar-refractivity contribution < 1.29 is 0 Å². The Hall–Kier alpha value is -0.970. The lowest BCUT2D eigenvalue weighted by Crippen LogP contribution is -2.34. The first-order chi connectivity index (χ1) is 8.22. The molecule has 2 N–H and O–H groups in total. The molecule has 1 saturated heterocycles. The van der Waals surface area contributed by atoms with Crippen LogP contribution in [0.25, 0.3) is 0 Å². The molecule has 2 rings (SSSR count). The number of aryl methyl sites for hydroxylation is 1. The highest BCUT2D eigenvalue weighted by Crippen LogP contribution is 2.24. The van der Waals surface area contributed by atoms with Gasteiger partial charge in [-0.15, -0.1) is 0 Å². The summed E-state index contributed by atoms with van der Waals surface area (Å²) in [7, 11) is 0. The molecular formula is C12H20N4S. The van der Waals surface area contributed by atoms with Crippen molar-refractivity contribution in [2.24, 2.45) is 0 Å². The van der Waals surface area contributed by atoms with Crippen molar-refractivity contribution in [2.45, 2.75) is 26.7 Å². The van der Waals surface area contributed by atoms with E-state index < -0.39 is 0 Å². The van der Waals surface area contributed by atoms with Crippen molar-refractivity contribution in [1.82, 2.24) is 9.97 Å². The standard InChI is InChI=1S/C12H20N4S/c1-3-4-10-14-11(13)9(2)12(15-10)16-5-7-17-8-6-16/h3-8H2,1-2H3,(H2,13,14,15). The highest BCUT2D eigenvalue weighted by Gasteiger charge is 2.17. The van der Waals surface area contributed by atoms with Crippen LogP contribution in [0.15, 0.2) is 0 Å². The molecule has 4 nitrogen and oxygen atoms in total. The Morgan fingerprint density at radius 2 is 2.00 bits per heavy atom. The van der Waals surface area contributed by atoms with E-state index in [4.69, 9.17) is 5.73 Å². The summed E-state index contributed by atoms with van der Waals surface area (Å²) >= 11 is 2.00. The van der Waals surface area contributed by atoms with Crippen LogP contribution in [0.5, 0.6) is 0 Å². The third kappa shape index (κ3) is 2.83. The Morgan fingerprint density at radius 3 is 2.65 bits per heavy atom. The summed E-state index contributed by atoms with van der Waals surface area (Å²) in [6.45, 7) is 6.28. The molecule has 0 aromatic carbocycles. The van der Waals surface area contributed by atoms with E-state index in [1.165, 1.54) is 11.5 Å². The molecular weight excluding hydrogens is 232 g/mol. The van der Waals surface area contributed by atoms with Gasteiger partial charge < -0.3 is 10.6 Å². The van der Waals surface area contributed by atoms with Gasteiger partial charge in [-0.1, -0.05) is 6.92 Å². The maximum absolute atomic E-state index is 5.98. The van der Waals surface area contributed by atoms with Crippen LogP contribution in [0.1, 0.15) is 24.7 Å². The number of anilines is 2. The summed E-state index contributed by atoms with van der Waals surface area (Å²) in [5.74, 6) is 4.90. The molecule has 94 valence electrons. The van der Waals surface area contributed by atoms with Crippen LogP contribution < -0.4 is 10.6 Å². The van der Waals surface area contributed by atoms with Gasteiger partial charge in [0.25, 0.3) is 0 Å². The van der Waals surface area contributed by atoms with Crippen LogP contribution >= 0.6 is 11.8 Å². The quantitative estimate of drug-likeness (QED) is 0.890. The fourth-order valence-corrected chi connectivity index (χ4v) is 2.89. The van der Waals surface area contributed by atoms with E-state index in [1.807, 2.05) is 18.7 Å². The van der Waals surface area contributed by atoms with Gasteiger partial charge in [0.05, 0.1) is 0 Å². The lowest BCUT2D eigenvalue weighted by atomic mass is 10.2. The fourth-order valence-electron chi connectivity index (χ4n) is 1.99. The van der Waals surface area contributed by atoms with Crippen molar-refractivity contribution in [3.05, 3.63) is 11.4 Å². The number of nitrogen functional groups attached to an aromatic ring is 1. The summed E-state index contributed by atoms with van der Waals surface area (Å²) in [5, 5.41) is 0. The second-order valence-electron chi connectivity index (χ2n) is 4.32. The van der Waals surface area contributed by atoms with Gasteiger partial charge >= 0.3 is 0 Å². The summed E-state index contributed by atoms with van der Waals surface area (Å²) in [6, 6.07) is 0. The van der Waals surface area contributed by atoms with Crippen molar-refractivity contribution in [2.75, 3.05) is 35.2 Å². The maximum Gasteiger partial charge on any atom is 0.137 e. The lowest BCUT2D eigenvalue weighted by Gasteiger charge is -2.29. The van der Waals surface area contributed by atoms with Crippen molar-refractivity contribution in [3.8, 4) is 0 Å². The molecule has 1 aromatic rings. The predicted molar refractivity (Wildman–Crippen MR) is 74.7 cm³/mol. The van der Waals surface area contributed by atoms with Crippen LogP contribution in [0, 0.1) is 6.92 Å². The Labute approximate surface area is 107 Å². The smallest absolute Gasteiger partial charge is 0.137 e. The van der Waals surface area contributed by atoms with Crippen molar-refractivity contribution in [1.29, 1.82) is 0 Å². The summed E-state index contributed by atoms with van der Waals surface area (Å²) in [5.41, 5.74) is 7.00. The van der Waals surface area contributed by atoms with E-state index >= 15 is 0 Å². The Bertz CT molecular complexity index is 388. The van der Waals surface area contributed by atoms with Gasteiger partial charge in [-0.3, -0.25) is 0 Å². The molecule has 1 aromatic heterocycles. The molecule has 0 aliphatic carbocycles. The topological polar surface area (TPSA) is 55.0 Å². The first-order valence-electron chi connectivity index (χ1n) is 6.18. The first kappa shape index (κ1) is 12.5. The Kier molecular flexibility index (Phi) is 4.10. The van der Waals surface area contributed by atoms with Gasteiger partial charge in [0.2, 0.25) is 0 Å². The third-order valence-corrected chi connectivity index (χ3v) is 3.93. The summed E-state index contributed by atoms with van der Waals surface area (Å²) < 4.78 is 0. The van der Waals surface area contributed by atoms with E-state index in [-0.39, 0.29) is 0 Å². The van der Waals surface area contributed by atoms with Gasteiger partial charge in [0, 0.05) is 36.6 Å². The predicted octanol–water partition coefficient (Wildman–Crippen LogP) is 1.87. The number of nitrogens with two attached hydrogens (primary N) is 1. The van der Waals surface area contributed by atoms with E-state index in [2.05, 4.69) is 21.8 Å². The molecule has 0 bridgehead atoms. The minimum Gasteiger partial charge on any atom is -0.383 e. The van der Waals surface area contributed by atoms with E-state index in [0.29, 0.717) is 5.82 Å². The zero-order valence-electron chi connectivity index (χ0n) is 10.6. The minimum absolute atomic E-state index is 0.636. The molecule has 1 aliphatic rings. The number of rotatable bonds is 3. The van der Waals surface area contributed by atoms with Gasteiger partial charge in [-0.2, -0.15) is 11.8 Å². The average molecular weight is 252 g/mol. The van der Waals surface area contributed by atoms with Crippen LogP contribution in [-0.2, 0) is 6.42 Å². The van der Waals surface area contributed by atoms with Gasteiger partial charge in [-0.25, -0.2) is 9.97 Å². The second kappa shape index (κ2) is 5.58. The van der Waals surface area contributed by atoms with Crippen LogP contribution in [-0.4, -0.2) is 34.6 Å². The number of aromatic nitrogens is 2. The molecule has 0 saturated carbocycles. The van der Waals surface area contributed by atoms with Crippen molar-refractivity contribution >= 4 is 23.4 Å². The highest BCUT2D eigenvalue weighted by atomic mass is 32.2. The molecule has 17 heavy (non-hydrogen) atoms. The molecule has 2 heterocycles. The molecule has 0 atom stereocenters. The molecule has 1 aliphatic heterocycles. The largest absolute Gasteiger partial charge is 0.383 e. The van der Waals surface area contributed by atoms with Crippen LogP contribution in [0.4, 0.5) is 11.6 Å². The molecule has 0 spiro atoms. The Balaban J connectivity index is 2.29. The van der Waals surface area contributed by atoms with Gasteiger partial charge in [0.15, 0.2) is 0 Å². The lowest BCUT2D eigenvalue weighted by molar-refractivity contribution is 0.790. The molecule has 5 heteroatoms. The molecule has 0 unspecified atom stereocenters. The number of nitrogens with zero attached hydrogens (tertiary/aromatic N) is 3. The van der Waals surface area contributed by atoms with Gasteiger partial charge in [0.1, 0.15) is 17.5 Å². The average Bonchev–Trinajstić information content (AvgIpc) is 2.35. The zero-order chi connectivity index (χ0) is 12.3. The highest BCUT2D eigenvalue weighted by molar-refractivity contribution is 7.99. The third-order valence-electron chi connectivity index (χ3n) is 2.99. The van der Waals surface area contributed by atoms with Crippen LogP contribution in [0.3, 0.4) is 0 Å².